The van der Waals surface area contributed by atoms with E-state index in [-0.39, 0.29) is 5.78 Å². The second kappa shape index (κ2) is 5.83. The first-order valence-corrected chi connectivity index (χ1v) is 3.90. The Balaban J connectivity index is 4.00. The Labute approximate surface area is 68.0 Å². The third kappa shape index (κ3) is 4.48. The van der Waals surface area contributed by atoms with Gasteiger partial charge in [-0.3, -0.25) is 9.79 Å². The van der Waals surface area contributed by atoms with Crippen LogP contribution in [0.3, 0.4) is 0 Å². The van der Waals surface area contributed by atoms with Crippen molar-refractivity contribution in [1.29, 1.82) is 0 Å². The Morgan fingerprint density at radius 2 is 2.18 bits per heavy atom. The number of hydrogen-bond donors (Lipinski definition) is 0. The fraction of sp³-hybridized carbons (Fsp3) is 0.556. The summed E-state index contributed by atoms with van der Waals surface area (Å²) in [6.07, 6.45) is 4.81. The molecule has 0 aliphatic heterocycles. The number of carbonyl (C=O) groups is 1. The quantitative estimate of drug-likeness (QED) is 0.450. The normalized spacial score (nSPS) is 12.5. The van der Waals surface area contributed by atoms with E-state index in [9.17, 15) is 4.79 Å². The summed E-state index contributed by atoms with van der Waals surface area (Å²) in [7, 11) is 0. The molecule has 2 nitrogen and oxygen atoms in total. The van der Waals surface area contributed by atoms with Gasteiger partial charge in [0, 0.05) is 24.4 Å². The molecule has 0 saturated heterocycles. The van der Waals surface area contributed by atoms with Gasteiger partial charge in [-0.25, -0.2) is 0 Å². The standard InChI is InChI=1S/C9H15NO/c1-4-6-9(11)8(3)7-10-5-2/h5,7H,4,6H2,1-3H3/b8-7+,10-5?. The molecular weight excluding hydrogens is 138 g/mol. The SMILES string of the molecule is CC=N/C=C(\C)C(=O)CCC. The van der Waals surface area contributed by atoms with Crippen LogP contribution in [0.1, 0.15) is 33.6 Å². The van der Waals surface area contributed by atoms with Gasteiger partial charge in [0.1, 0.15) is 0 Å². The molecule has 0 N–H and O–H groups in total. The fourth-order valence-corrected chi connectivity index (χ4v) is 0.683. The molecule has 0 aromatic carbocycles. The number of nitrogens with zero attached hydrogens (tertiary/aromatic N) is 1. The van der Waals surface area contributed by atoms with Gasteiger partial charge in [-0.2, -0.15) is 0 Å². The van der Waals surface area contributed by atoms with Crippen LogP contribution in [0.5, 0.6) is 0 Å². The lowest BCUT2D eigenvalue weighted by Crippen LogP contribution is -1.97. The first kappa shape index (κ1) is 10.1. The van der Waals surface area contributed by atoms with Crippen molar-refractivity contribution in [2.24, 2.45) is 4.99 Å². The van der Waals surface area contributed by atoms with Crippen LogP contribution in [0.25, 0.3) is 0 Å². The highest BCUT2D eigenvalue weighted by Gasteiger charge is 2.00. The van der Waals surface area contributed by atoms with Gasteiger partial charge in [-0.05, 0) is 20.3 Å². The highest BCUT2D eigenvalue weighted by molar-refractivity contribution is 5.94. The van der Waals surface area contributed by atoms with E-state index < -0.39 is 0 Å². The summed E-state index contributed by atoms with van der Waals surface area (Å²) in [5, 5.41) is 0. The van der Waals surface area contributed by atoms with Crippen LogP contribution in [0.4, 0.5) is 0 Å². The minimum atomic E-state index is 0.193. The van der Waals surface area contributed by atoms with E-state index >= 15 is 0 Å². The fourth-order valence-electron chi connectivity index (χ4n) is 0.683. The number of Topliss-reactive ketones (excluding diaryl/α,β-unsaturated/α-hetero) is 1. The zero-order chi connectivity index (χ0) is 8.69. The molecule has 2 heteroatoms. The highest BCUT2D eigenvalue weighted by Crippen LogP contribution is 2.00. The Morgan fingerprint density at radius 1 is 1.55 bits per heavy atom. The molecule has 0 aliphatic carbocycles. The molecule has 0 amide bonds. The van der Waals surface area contributed by atoms with Crippen molar-refractivity contribution in [1.82, 2.24) is 0 Å². The number of carbonyl (C=O) groups excluding carboxylic acids is 1. The molecule has 0 aromatic rings. The van der Waals surface area contributed by atoms with E-state index in [1.165, 1.54) is 0 Å². The average molecular weight is 153 g/mol. The summed E-state index contributed by atoms with van der Waals surface area (Å²) in [5.74, 6) is 0.193. The summed E-state index contributed by atoms with van der Waals surface area (Å²) in [4.78, 5) is 15.0. The summed E-state index contributed by atoms with van der Waals surface area (Å²) in [6.45, 7) is 5.62. The van der Waals surface area contributed by atoms with Crippen molar-refractivity contribution in [3.63, 3.8) is 0 Å². The predicted molar refractivity (Wildman–Crippen MR) is 47.8 cm³/mol. The molecule has 0 bridgehead atoms. The summed E-state index contributed by atoms with van der Waals surface area (Å²) in [5.41, 5.74) is 0.741. The first-order valence-electron chi connectivity index (χ1n) is 3.90. The molecule has 0 spiro atoms. The van der Waals surface area contributed by atoms with Crippen molar-refractivity contribution < 1.29 is 4.79 Å². The van der Waals surface area contributed by atoms with Crippen LogP contribution in [-0.2, 0) is 4.79 Å². The van der Waals surface area contributed by atoms with E-state index in [1.54, 1.807) is 19.3 Å². The van der Waals surface area contributed by atoms with Crippen molar-refractivity contribution in [2.75, 3.05) is 0 Å². The van der Waals surface area contributed by atoms with Gasteiger partial charge in [0.25, 0.3) is 0 Å². The molecule has 0 heterocycles. The molecule has 0 fully saturated rings. The zero-order valence-electron chi connectivity index (χ0n) is 7.42. The number of aliphatic imine (C=N–C) groups is 1. The third-order valence-electron chi connectivity index (χ3n) is 1.33. The molecule has 0 aliphatic rings. The van der Waals surface area contributed by atoms with Crippen LogP contribution in [0.15, 0.2) is 16.8 Å². The zero-order valence-corrected chi connectivity index (χ0v) is 7.42. The van der Waals surface area contributed by atoms with Gasteiger partial charge in [0.15, 0.2) is 5.78 Å². The first-order chi connectivity index (χ1) is 5.22. The maximum atomic E-state index is 11.1. The Hall–Kier alpha value is -0.920. The van der Waals surface area contributed by atoms with Crippen molar-refractivity contribution in [2.45, 2.75) is 33.6 Å². The lowest BCUT2D eigenvalue weighted by Gasteiger charge is -1.94. The van der Waals surface area contributed by atoms with E-state index in [2.05, 4.69) is 4.99 Å². The number of ketones is 1. The number of hydrogen-bond acceptors (Lipinski definition) is 2. The van der Waals surface area contributed by atoms with Gasteiger partial charge < -0.3 is 0 Å². The minimum Gasteiger partial charge on any atom is -0.295 e. The van der Waals surface area contributed by atoms with E-state index in [0.717, 1.165) is 12.0 Å². The van der Waals surface area contributed by atoms with Crippen LogP contribution in [-0.4, -0.2) is 12.0 Å². The smallest absolute Gasteiger partial charge is 0.160 e. The van der Waals surface area contributed by atoms with E-state index in [4.69, 9.17) is 0 Å². The molecule has 0 aromatic heterocycles. The van der Waals surface area contributed by atoms with Crippen molar-refractivity contribution in [3.05, 3.63) is 11.8 Å². The van der Waals surface area contributed by atoms with E-state index in [1.807, 2.05) is 13.8 Å². The maximum absolute atomic E-state index is 11.1. The molecule has 0 rings (SSSR count). The Bertz CT molecular complexity index is 180. The van der Waals surface area contributed by atoms with Gasteiger partial charge in [-0.1, -0.05) is 6.92 Å². The van der Waals surface area contributed by atoms with Gasteiger partial charge >= 0.3 is 0 Å². The van der Waals surface area contributed by atoms with Gasteiger partial charge in [0.2, 0.25) is 0 Å². The number of allylic oxidation sites excluding steroid dienone is 1. The van der Waals surface area contributed by atoms with Crippen LogP contribution >= 0.6 is 0 Å². The summed E-state index contributed by atoms with van der Waals surface area (Å²) < 4.78 is 0. The molecule has 11 heavy (non-hydrogen) atoms. The van der Waals surface area contributed by atoms with Crippen LogP contribution in [0, 0.1) is 0 Å². The minimum absolute atomic E-state index is 0.193. The second-order valence-electron chi connectivity index (χ2n) is 2.39. The van der Waals surface area contributed by atoms with Crippen LogP contribution < -0.4 is 0 Å². The monoisotopic (exact) mass is 153 g/mol. The molecule has 0 unspecified atom stereocenters. The largest absolute Gasteiger partial charge is 0.295 e. The van der Waals surface area contributed by atoms with Gasteiger partial charge in [0.05, 0.1) is 0 Å². The topological polar surface area (TPSA) is 29.4 Å². The van der Waals surface area contributed by atoms with Crippen molar-refractivity contribution in [3.8, 4) is 0 Å². The van der Waals surface area contributed by atoms with E-state index in [0.29, 0.717) is 6.42 Å². The molecule has 62 valence electrons. The van der Waals surface area contributed by atoms with Gasteiger partial charge in [-0.15, -0.1) is 0 Å². The average Bonchev–Trinajstić information content (AvgIpc) is 2.00. The molecule has 0 saturated carbocycles. The third-order valence-corrected chi connectivity index (χ3v) is 1.33. The predicted octanol–water partition coefficient (Wildman–Crippen LogP) is 2.35. The molecule has 0 atom stereocenters. The van der Waals surface area contributed by atoms with Crippen LogP contribution in [0.2, 0.25) is 0 Å². The number of rotatable bonds is 4. The molecule has 0 radical (unpaired) electrons. The maximum Gasteiger partial charge on any atom is 0.160 e. The van der Waals surface area contributed by atoms with Crippen molar-refractivity contribution >= 4 is 12.0 Å². The molecular formula is C9H15NO. The Morgan fingerprint density at radius 3 is 2.64 bits per heavy atom. The second-order valence-corrected chi connectivity index (χ2v) is 2.39. The Kier molecular flexibility index (Phi) is 5.35. The highest BCUT2D eigenvalue weighted by atomic mass is 16.1. The summed E-state index contributed by atoms with van der Waals surface area (Å²) >= 11 is 0. The lowest BCUT2D eigenvalue weighted by atomic mass is 10.1. The summed E-state index contributed by atoms with van der Waals surface area (Å²) in [6, 6.07) is 0. The lowest BCUT2D eigenvalue weighted by molar-refractivity contribution is -0.115.